The Bertz CT molecular complexity index is 6730. The van der Waals surface area contributed by atoms with E-state index in [1.165, 1.54) is 152 Å². The van der Waals surface area contributed by atoms with Crippen molar-refractivity contribution in [2.75, 3.05) is 39.0 Å². The molecule has 19 nitrogen and oxygen atoms in total. The zero-order chi connectivity index (χ0) is 106. The number of ether oxygens (including phenoxy) is 1. The molecule has 142 heavy (non-hydrogen) atoms. The summed E-state index contributed by atoms with van der Waals surface area (Å²) >= 11 is 13.4. The fraction of sp³-hybridized carbons (Fsp3) is 0.152. The predicted octanol–water partition coefficient (Wildman–Crippen LogP) is 28.7. The van der Waals surface area contributed by atoms with Crippen molar-refractivity contribution >= 4 is 115 Å². The summed E-state index contributed by atoms with van der Waals surface area (Å²) in [6.07, 6.45) is -31.9. The van der Waals surface area contributed by atoms with Crippen molar-refractivity contribution in [3.63, 3.8) is 0 Å². The Morgan fingerprint density at radius 2 is 0.549 bits per heavy atom. The van der Waals surface area contributed by atoms with Crippen molar-refractivity contribution in [3.05, 3.63) is 368 Å². The van der Waals surface area contributed by atoms with Crippen molar-refractivity contribution < 1.29 is 156 Å². The predicted molar refractivity (Wildman–Crippen MR) is 498 cm³/mol. The van der Waals surface area contributed by atoms with E-state index in [9.17, 15) is 152 Å². The number of halogens is 24. The highest BCUT2D eigenvalue weighted by Crippen LogP contribution is 2.42. The number of benzene rings is 13. The number of aromatic hydroxyl groups is 6. The lowest BCUT2D eigenvalue weighted by atomic mass is 10.0. The van der Waals surface area contributed by atoms with Crippen LogP contribution in [0.5, 0.6) is 40.2 Å². The number of aryl methyl sites for hydroxylation is 7. The molecule has 748 valence electrons. The second-order valence-electron chi connectivity index (χ2n) is 30.9. The van der Waals surface area contributed by atoms with Crippen molar-refractivity contribution in [1.82, 2.24) is 0 Å². The molecule has 0 heterocycles. The number of phenolic OH excluding ortho intramolecular Hbond substituents is 6. The molecular weight excluding hydrogens is 2080 g/mol. The molecular formula is C99H76Cl2F21IN6O13. The summed E-state index contributed by atoms with van der Waals surface area (Å²) in [5.41, 5.74) is -3.14. The first-order valence-electron chi connectivity index (χ1n) is 40.4. The van der Waals surface area contributed by atoms with Crippen LogP contribution in [0.25, 0.3) is 11.1 Å². The van der Waals surface area contributed by atoms with Gasteiger partial charge in [-0.15, -0.1) is 0 Å². The number of hydrogen-bond acceptors (Lipinski definition) is 13. The Morgan fingerprint density at radius 3 is 0.873 bits per heavy atom. The van der Waals surface area contributed by atoms with E-state index in [0.717, 1.165) is 87.5 Å². The van der Waals surface area contributed by atoms with Crippen LogP contribution in [-0.4, -0.2) is 73.2 Å². The number of anilines is 6. The second-order valence-corrected chi connectivity index (χ2v) is 33.0. The van der Waals surface area contributed by atoms with Crippen LogP contribution in [0, 0.1) is 52.0 Å². The minimum Gasteiger partial charge on any atom is -0.507 e. The Morgan fingerprint density at radius 1 is 0.261 bits per heavy atom. The summed E-state index contributed by atoms with van der Waals surface area (Å²) in [5.74, 6) is -6.74. The number of nitrogens with one attached hydrogen (secondary N) is 6. The minimum absolute atomic E-state index is 0.00182. The maximum atomic E-state index is 13.0. The van der Waals surface area contributed by atoms with Crippen molar-refractivity contribution in [2.45, 2.75) is 91.7 Å². The minimum atomic E-state index is -4.70. The standard InChI is InChI=1S/C21H16F3NO2.C16H11F6NO2.C16H14F3NO3.C16H14F3NO2.C15H10Cl2F3NO2.C15H11F3INO2/c1-13-9-16(21(22,23)24)12-17(10-13)25-20(27)18-11-15(7-8-19(18)26)14-5-3-2-4-6-14;1-8-4-10(16(20,21)22)6-11(5-8)23-14(25)12-3-2-9(7-13(12)24)15(17,18)19;1-9-5-10(16(17,18)19)7-11(6-9)20-15(22)13-8-12(23-2)3-4-14(13)21;1-9-3-4-14(21)13(7-9)15(22)20-12-6-10(2)5-11(8-12)16(17,18)19;1-7-2-8(15(18,19)20)4-10(3-7)21-14(23)11-5-9(16)6-12(17)13(11)22;1-8-4-9(15(16,17)18)6-11(5-8)20-14(22)12-7-10(19)2-3-13(12)21/h2-12,26H,1H3,(H,25,27);2-7,24H,1H3,(H,23,25);3-8,21H,1-2H3,(H,20,22);3-8,21H,1-2H3,(H,20,22);2-6,22H,1H3,(H,21,23);2-7,21H,1H3,(H,20,22). The Balaban J connectivity index is 0.000000209. The molecule has 0 radical (unpaired) electrons. The van der Waals surface area contributed by atoms with Gasteiger partial charge in [0.15, 0.2) is 0 Å². The van der Waals surface area contributed by atoms with Gasteiger partial charge >= 0.3 is 43.2 Å². The van der Waals surface area contributed by atoms with Crippen molar-refractivity contribution in [1.29, 1.82) is 0 Å². The van der Waals surface area contributed by atoms with E-state index in [4.69, 9.17) is 27.9 Å². The van der Waals surface area contributed by atoms with Gasteiger partial charge in [0, 0.05) is 42.7 Å². The van der Waals surface area contributed by atoms with Gasteiger partial charge in [-0.05, 0) is 316 Å². The number of hydrogen-bond donors (Lipinski definition) is 12. The molecule has 43 heteroatoms. The zero-order valence-electron chi connectivity index (χ0n) is 74.2. The van der Waals surface area contributed by atoms with Gasteiger partial charge in [0.1, 0.15) is 40.2 Å². The number of methoxy groups -OCH3 is 1. The molecule has 13 aromatic rings. The van der Waals surface area contributed by atoms with E-state index in [0.29, 0.717) is 57.3 Å². The highest BCUT2D eigenvalue weighted by Gasteiger charge is 2.38. The first kappa shape index (κ1) is 112. The third-order valence-corrected chi connectivity index (χ3v) is 20.4. The van der Waals surface area contributed by atoms with Crippen LogP contribution in [0.4, 0.5) is 126 Å². The molecule has 13 aromatic carbocycles. The van der Waals surface area contributed by atoms with Crippen LogP contribution in [0.1, 0.15) is 140 Å². The Labute approximate surface area is 816 Å². The second kappa shape index (κ2) is 46.5. The van der Waals surface area contributed by atoms with Crippen molar-refractivity contribution in [3.8, 4) is 51.4 Å². The lowest BCUT2D eigenvalue weighted by Gasteiger charge is -2.13. The van der Waals surface area contributed by atoms with Crippen LogP contribution in [-0.2, 0) is 43.2 Å². The Kier molecular flexibility index (Phi) is 36.8. The van der Waals surface area contributed by atoms with Gasteiger partial charge in [-0.2, -0.15) is 92.2 Å². The first-order chi connectivity index (χ1) is 65.7. The summed E-state index contributed by atoms with van der Waals surface area (Å²) in [6.45, 7) is 10.6. The fourth-order valence-corrected chi connectivity index (χ4v) is 13.8. The van der Waals surface area contributed by atoms with Crippen LogP contribution >= 0.6 is 45.8 Å². The third-order valence-electron chi connectivity index (χ3n) is 19.2. The van der Waals surface area contributed by atoms with E-state index in [1.54, 1.807) is 25.1 Å². The summed E-state index contributed by atoms with van der Waals surface area (Å²) in [7, 11) is 1.39. The molecule has 0 bridgehead atoms. The lowest BCUT2D eigenvalue weighted by Crippen LogP contribution is -2.14. The summed E-state index contributed by atoms with van der Waals surface area (Å²) < 4.78 is 274. The number of alkyl halides is 21. The summed E-state index contributed by atoms with van der Waals surface area (Å²) in [5, 5.41) is 72.4. The SMILES string of the molecule is COc1ccc(O)c(C(=O)Nc2cc(C)cc(C(F)(F)F)c2)c1.Cc1cc(NC(=O)c2cc(-c3ccccc3)ccc2O)cc(C(F)(F)F)c1.Cc1cc(NC(=O)c2cc(C)ccc2O)cc(C(F)(F)F)c1.Cc1cc(NC(=O)c2cc(Cl)cc(Cl)c2O)cc(C(F)(F)F)c1.Cc1cc(NC(=O)c2cc(I)ccc2O)cc(C(F)(F)F)c1.Cc1cc(NC(=O)c2ccc(C(F)(F)F)cc2O)cc(C(F)(F)F)c1. The quantitative estimate of drug-likeness (QED) is 0.0356. The maximum absolute atomic E-state index is 13.0. The van der Waals surface area contributed by atoms with Gasteiger partial charge in [-0.1, -0.05) is 71.2 Å². The fourth-order valence-electron chi connectivity index (χ4n) is 12.8. The molecule has 0 saturated heterocycles. The average molecular weight is 2150 g/mol. The van der Waals surface area contributed by atoms with Crippen LogP contribution in [0.2, 0.25) is 10.0 Å². The molecule has 0 saturated carbocycles. The number of phenols is 6. The maximum Gasteiger partial charge on any atom is 0.416 e. The van der Waals surface area contributed by atoms with Gasteiger partial charge in [-0.25, -0.2) is 0 Å². The van der Waals surface area contributed by atoms with E-state index in [2.05, 4.69) is 31.9 Å². The zero-order valence-corrected chi connectivity index (χ0v) is 77.9. The lowest BCUT2D eigenvalue weighted by molar-refractivity contribution is -0.138. The van der Waals surface area contributed by atoms with Gasteiger partial charge in [0.2, 0.25) is 0 Å². The molecule has 0 spiro atoms. The van der Waals surface area contributed by atoms with Crippen LogP contribution in [0.15, 0.2) is 243 Å². The number of amides is 6. The molecule has 13 rings (SSSR count). The molecule has 12 N–H and O–H groups in total. The molecule has 0 fully saturated rings. The molecule has 0 aromatic heterocycles. The number of carbonyl (C=O) groups excluding carboxylic acids is 6. The van der Waals surface area contributed by atoms with E-state index >= 15 is 0 Å². The van der Waals surface area contributed by atoms with Crippen LogP contribution in [0.3, 0.4) is 0 Å². The average Bonchev–Trinajstić information content (AvgIpc) is 0.815. The third kappa shape index (κ3) is 32.9. The summed E-state index contributed by atoms with van der Waals surface area (Å²) in [6, 6.07) is 49.8. The number of rotatable bonds is 14. The molecule has 0 aliphatic heterocycles. The molecule has 0 atom stereocenters. The summed E-state index contributed by atoms with van der Waals surface area (Å²) in [4.78, 5) is 73.1. The molecule has 0 unspecified atom stereocenters. The molecule has 0 aliphatic rings. The van der Waals surface area contributed by atoms with Crippen LogP contribution < -0.4 is 36.6 Å². The van der Waals surface area contributed by atoms with Gasteiger partial charge in [0.05, 0.1) is 84.5 Å². The van der Waals surface area contributed by atoms with E-state index in [-0.39, 0.29) is 101 Å². The van der Waals surface area contributed by atoms with Gasteiger partial charge in [0.25, 0.3) is 35.4 Å². The molecule has 0 aliphatic carbocycles. The van der Waals surface area contributed by atoms with Gasteiger partial charge in [-0.3, -0.25) is 28.8 Å². The highest BCUT2D eigenvalue weighted by molar-refractivity contribution is 14.1. The monoisotopic (exact) mass is 2150 g/mol. The topological polar surface area (TPSA) is 305 Å². The normalized spacial score (nSPS) is 11.4. The molecule has 6 amide bonds. The highest BCUT2D eigenvalue weighted by atomic mass is 127. The Hall–Kier alpha value is -14.9. The van der Waals surface area contributed by atoms with E-state index < -0.39 is 135 Å². The largest absolute Gasteiger partial charge is 0.507 e. The van der Waals surface area contributed by atoms with Gasteiger partial charge < -0.3 is 67.3 Å². The first-order valence-corrected chi connectivity index (χ1v) is 42.2. The van der Waals surface area contributed by atoms with Crippen molar-refractivity contribution in [2.24, 2.45) is 0 Å². The number of carbonyl (C=O) groups is 6. The smallest absolute Gasteiger partial charge is 0.416 e. The van der Waals surface area contributed by atoms with E-state index in [1.807, 2.05) is 52.9 Å².